The molecule has 0 saturated heterocycles. The van der Waals surface area contributed by atoms with Gasteiger partial charge in [0.2, 0.25) is 0 Å². The number of carbonyl (C=O) groups excluding carboxylic acids is 1. The summed E-state index contributed by atoms with van der Waals surface area (Å²) >= 11 is 0. The van der Waals surface area contributed by atoms with Crippen LogP contribution >= 0.6 is 0 Å². The second-order valence-corrected chi connectivity index (χ2v) is 5.15. The second kappa shape index (κ2) is 5.31. The van der Waals surface area contributed by atoms with E-state index in [-0.39, 0.29) is 5.91 Å². The number of nitrogens with zero attached hydrogens (tertiary/aromatic N) is 1. The number of rotatable bonds is 3. The molecular formula is C16H20N2O. The van der Waals surface area contributed by atoms with Crippen LogP contribution in [0.5, 0.6) is 0 Å². The molecule has 19 heavy (non-hydrogen) atoms. The molecule has 3 heteroatoms. The first kappa shape index (κ1) is 13.4. The van der Waals surface area contributed by atoms with Crippen LogP contribution in [0.2, 0.25) is 0 Å². The number of amides is 1. The van der Waals surface area contributed by atoms with E-state index in [9.17, 15) is 4.79 Å². The number of para-hydroxylation sites is 1. The van der Waals surface area contributed by atoms with Crippen molar-refractivity contribution >= 4 is 11.6 Å². The molecule has 0 atom stereocenters. The standard InChI is InChI=1S/C16H20N2O/c1-11(2)13-8-5-7-12(3)15(13)17-16(19)14-9-6-10-18(14)4/h5-11H,1-4H3,(H,17,19). The van der Waals surface area contributed by atoms with Gasteiger partial charge in [-0.25, -0.2) is 0 Å². The average molecular weight is 256 g/mol. The number of anilines is 1. The molecule has 0 saturated carbocycles. The quantitative estimate of drug-likeness (QED) is 0.892. The molecule has 2 aromatic rings. The van der Waals surface area contributed by atoms with Gasteiger partial charge in [0.25, 0.3) is 5.91 Å². The van der Waals surface area contributed by atoms with Gasteiger partial charge in [-0.2, -0.15) is 0 Å². The molecule has 0 aliphatic rings. The lowest BCUT2D eigenvalue weighted by Gasteiger charge is -2.16. The summed E-state index contributed by atoms with van der Waals surface area (Å²) in [6.07, 6.45) is 1.87. The maximum Gasteiger partial charge on any atom is 0.272 e. The zero-order chi connectivity index (χ0) is 14.0. The topological polar surface area (TPSA) is 34.0 Å². The first-order valence-corrected chi connectivity index (χ1v) is 6.53. The van der Waals surface area contributed by atoms with Gasteiger partial charge in [0.15, 0.2) is 0 Å². The van der Waals surface area contributed by atoms with Crippen LogP contribution in [-0.4, -0.2) is 10.5 Å². The van der Waals surface area contributed by atoms with E-state index >= 15 is 0 Å². The SMILES string of the molecule is Cc1cccc(C(C)C)c1NC(=O)c1cccn1C. The molecule has 0 radical (unpaired) electrons. The van der Waals surface area contributed by atoms with Crippen molar-refractivity contribution in [3.8, 4) is 0 Å². The zero-order valence-electron chi connectivity index (χ0n) is 11.9. The molecule has 0 aliphatic heterocycles. The molecule has 0 fully saturated rings. The molecular weight excluding hydrogens is 236 g/mol. The van der Waals surface area contributed by atoms with Gasteiger partial charge in [0.1, 0.15) is 5.69 Å². The van der Waals surface area contributed by atoms with Crippen molar-refractivity contribution in [2.45, 2.75) is 26.7 Å². The second-order valence-electron chi connectivity index (χ2n) is 5.15. The number of carbonyl (C=O) groups is 1. The van der Waals surface area contributed by atoms with E-state index in [4.69, 9.17) is 0 Å². The van der Waals surface area contributed by atoms with Crippen LogP contribution in [0.3, 0.4) is 0 Å². The smallest absolute Gasteiger partial charge is 0.272 e. The van der Waals surface area contributed by atoms with Crippen LogP contribution in [0.4, 0.5) is 5.69 Å². The van der Waals surface area contributed by atoms with Crippen LogP contribution in [0.15, 0.2) is 36.5 Å². The normalized spacial score (nSPS) is 10.8. The van der Waals surface area contributed by atoms with Gasteiger partial charge >= 0.3 is 0 Å². The largest absolute Gasteiger partial charge is 0.347 e. The summed E-state index contributed by atoms with van der Waals surface area (Å²) in [6, 6.07) is 9.81. The number of hydrogen-bond donors (Lipinski definition) is 1. The van der Waals surface area contributed by atoms with Crippen LogP contribution in [0, 0.1) is 6.92 Å². The lowest BCUT2D eigenvalue weighted by molar-refractivity contribution is 0.101. The Labute approximate surface area is 114 Å². The summed E-state index contributed by atoms with van der Waals surface area (Å²) < 4.78 is 1.82. The van der Waals surface area contributed by atoms with Crippen molar-refractivity contribution < 1.29 is 4.79 Å². The summed E-state index contributed by atoms with van der Waals surface area (Å²) in [5, 5.41) is 3.04. The highest BCUT2D eigenvalue weighted by molar-refractivity contribution is 6.04. The lowest BCUT2D eigenvalue weighted by atomic mass is 9.98. The van der Waals surface area contributed by atoms with Crippen molar-refractivity contribution in [2.75, 3.05) is 5.32 Å². The highest BCUT2D eigenvalue weighted by Gasteiger charge is 2.14. The maximum atomic E-state index is 12.3. The predicted molar refractivity (Wildman–Crippen MR) is 78.6 cm³/mol. The van der Waals surface area contributed by atoms with Gasteiger partial charge in [-0.3, -0.25) is 4.79 Å². The van der Waals surface area contributed by atoms with Gasteiger partial charge < -0.3 is 9.88 Å². The number of benzene rings is 1. The van der Waals surface area contributed by atoms with E-state index < -0.39 is 0 Å². The Bertz CT molecular complexity index is 597. The fourth-order valence-electron chi connectivity index (χ4n) is 2.22. The van der Waals surface area contributed by atoms with Gasteiger partial charge in [0, 0.05) is 18.9 Å². The van der Waals surface area contributed by atoms with Crippen molar-refractivity contribution in [3.63, 3.8) is 0 Å². The minimum absolute atomic E-state index is 0.0660. The molecule has 3 nitrogen and oxygen atoms in total. The first-order valence-electron chi connectivity index (χ1n) is 6.53. The molecule has 0 unspecified atom stereocenters. The summed E-state index contributed by atoms with van der Waals surface area (Å²) in [7, 11) is 1.87. The van der Waals surface area contributed by atoms with E-state index in [2.05, 4.69) is 25.2 Å². The fraction of sp³-hybridized carbons (Fsp3) is 0.312. The van der Waals surface area contributed by atoms with Crippen LogP contribution in [0.1, 0.15) is 41.4 Å². The molecule has 1 amide bonds. The first-order chi connectivity index (χ1) is 9.00. The number of aromatic nitrogens is 1. The Balaban J connectivity index is 2.34. The van der Waals surface area contributed by atoms with E-state index in [0.717, 1.165) is 11.3 Å². The fourth-order valence-corrected chi connectivity index (χ4v) is 2.22. The summed E-state index contributed by atoms with van der Waals surface area (Å²) in [6.45, 7) is 6.28. The Morgan fingerprint density at radius 3 is 2.53 bits per heavy atom. The van der Waals surface area contributed by atoms with Crippen molar-refractivity contribution in [3.05, 3.63) is 53.3 Å². The highest BCUT2D eigenvalue weighted by Crippen LogP contribution is 2.27. The predicted octanol–water partition coefficient (Wildman–Crippen LogP) is 3.71. The molecule has 1 heterocycles. The van der Waals surface area contributed by atoms with Crippen LogP contribution < -0.4 is 5.32 Å². The molecule has 0 aliphatic carbocycles. The van der Waals surface area contributed by atoms with Crippen LogP contribution in [0.25, 0.3) is 0 Å². The molecule has 1 aromatic heterocycles. The maximum absolute atomic E-state index is 12.3. The Morgan fingerprint density at radius 2 is 1.95 bits per heavy atom. The minimum atomic E-state index is -0.0660. The highest BCUT2D eigenvalue weighted by atomic mass is 16.1. The number of nitrogens with one attached hydrogen (secondary N) is 1. The number of hydrogen-bond acceptors (Lipinski definition) is 1. The summed E-state index contributed by atoms with van der Waals surface area (Å²) in [5.41, 5.74) is 3.86. The van der Waals surface area contributed by atoms with Crippen LogP contribution in [-0.2, 0) is 7.05 Å². The van der Waals surface area contributed by atoms with Crippen molar-refractivity contribution in [1.29, 1.82) is 0 Å². The molecule has 1 aromatic carbocycles. The van der Waals surface area contributed by atoms with E-state index in [1.807, 2.05) is 49.0 Å². The van der Waals surface area contributed by atoms with Gasteiger partial charge in [-0.1, -0.05) is 32.0 Å². The van der Waals surface area contributed by atoms with Gasteiger partial charge in [-0.05, 0) is 36.1 Å². The Hall–Kier alpha value is -2.03. The third kappa shape index (κ3) is 2.70. The third-order valence-corrected chi connectivity index (χ3v) is 3.34. The Kier molecular flexibility index (Phi) is 3.74. The minimum Gasteiger partial charge on any atom is -0.347 e. The zero-order valence-corrected chi connectivity index (χ0v) is 11.9. The third-order valence-electron chi connectivity index (χ3n) is 3.34. The van der Waals surface area contributed by atoms with Gasteiger partial charge in [0.05, 0.1) is 0 Å². The van der Waals surface area contributed by atoms with E-state index in [1.54, 1.807) is 0 Å². The van der Waals surface area contributed by atoms with E-state index in [0.29, 0.717) is 11.6 Å². The molecule has 1 N–H and O–H groups in total. The average Bonchev–Trinajstić information content (AvgIpc) is 2.77. The monoisotopic (exact) mass is 256 g/mol. The molecule has 0 bridgehead atoms. The van der Waals surface area contributed by atoms with E-state index in [1.165, 1.54) is 5.56 Å². The molecule has 2 rings (SSSR count). The lowest BCUT2D eigenvalue weighted by Crippen LogP contribution is -2.17. The summed E-state index contributed by atoms with van der Waals surface area (Å²) in [4.78, 5) is 12.3. The van der Waals surface area contributed by atoms with Crippen molar-refractivity contribution in [2.24, 2.45) is 7.05 Å². The summed E-state index contributed by atoms with van der Waals surface area (Å²) in [5.74, 6) is 0.312. The Morgan fingerprint density at radius 1 is 1.21 bits per heavy atom. The number of aryl methyl sites for hydroxylation is 2. The van der Waals surface area contributed by atoms with Gasteiger partial charge in [-0.15, -0.1) is 0 Å². The molecule has 0 spiro atoms. The molecule has 100 valence electrons. The van der Waals surface area contributed by atoms with Crippen molar-refractivity contribution in [1.82, 2.24) is 4.57 Å².